The Kier molecular flexibility index (Phi) is 4.78. The molecule has 0 unspecified atom stereocenters. The van der Waals surface area contributed by atoms with E-state index in [9.17, 15) is 9.59 Å². The number of aromatic nitrogens is 4. The molecule has 0 fully saturated rings. The van der Waals surface area contributed by atoms with E-state index in [1.165, 1.54) is 4.57 Å². The van der Waals surface area contributed by atoms with Crippen molar-refractivity contribution in [2.24, 2.45) is 0 Å². The maximum Gasteiger partial charge on any atom is 0.297 e. The molecular weight excluding hydrogens is 398 g/mol. The van der Waals surface area contributed by atoms with E-state index < -0.39 is 0 Å². The number of ether oxygens (including phenoxy) is 2. The Morgan fingerprint density at radius 3 is 2.65 bits per heavy atom. The van der Waals surface area contributed by atoms with Gasteiger partial charge in [-0.2, -0.15) is 0 Å². The molecule has 2 aromatic carbocycles. The number of carbonyl (C=O) groups is 1. The number of benzene rings is 2. The maximum atomic E-state index is 13.2. The number of nitrogens with zero attached hydrogens (tertiary/aromatic N) is 4. The van der Waals surface area contributed by atoms with Crippen molar-refractivity contribution in [3.05, 3.63) is 58.6 Å². The molecule has 0 aliphatic carbocycles. The number of amides is 1. The van der Waals surface area contributed by atoms with Crippen LogP contribution in [0.5, 0.6) is 11.5 Å². The summed E-state index contributed by atoms with van der Waals surface area (Å²) in [5.74, 6) is 1.63. The van der Waals surface area contributed by atoms with Gasteiger partial charge in [0.2, 0.25) is 11.6 Å². The lowest BCUT2D eigenvalue weighted by atomic mass is 10.2. The van der Waals surface area contributed by atoms with Crippen LogP contribution in [0.15, 0.2) is 47.3 Å². The Labute approximate surface area is 177 Å². The standard InChI is InChI=1S/C22H21N5O4/c1-2-5-19-24-25-21-22(29)26(15-6-3-4-7-16(15)27(19)21)13-20(28)23-14-8-9-17-18(12-14)31-11-10-30-17/h3-4,6-9,12H,2,5,10-11,13H2,1H3,(H,23,28). The van der Waals surface area contributed by atoms with Crippen molar-refractivity contribution in [1.29, 1.82) is 0 Å². The zero-order chi connectivity index (χ0) is 21.4. The normalized spacial score (nSPS) is 12.9. The van der Waals surface area contributed by atoms with Gasteiger partial charge in [0.25, 0.3) is 5.56 Å². The molecule has 0 spiro atoms. The first-order valence-corrected chi connectivity index (χ1v) is 10.2. The Morgan fingerprint density at radius 1 is 1.06 bits per heavy atom. The molecule has 9 heteroatoms. The molecule has 31 heavy (non-hydrogen) atoms. The van der Waals surface area contributed by atoms with Gasteiger partial charge in [-0.15, -0.1) is 10.2 Å². The number of aryl methyl sites for hydroxylation is 1. The first-order chi connectivity index (χ1) is 15.2. The van der Waals surface area contributed by atoms with Crippen molar-refractivity contribution in [3.8, 4) is 11.5 Å². The van der Waals surface area contributed by atoms with E-state index in [4.69, 9.17) is 9.47 Å². The third kappa shape index (κ3) is 3.37. The molecule has 9 nitrogen and oxygen atoms in total. The van der Waals surface area contributed by atoms with Crippen molar-refractivity contribution < 1.29 is 14.3 Å². The predicted molar refractivity (Wildman–Crippen MR) is 115 cm³/mol. The van der Waals surface area contributed by atoms with Crippen LogP contribution in [-0.4, -0.2) is 38.3 Å². The summed E-state index contributed by atoms with van der Waals surface area (Å²) >= 11 is 0. The minimum Gasteiger partial charge on any atom is -0.486 e. The molecule has 0 saturated carbocycles. The third-order valence-electron chi connectivity index (χ3n) is 5.18. The SMILES string of the molecule is CCCc1nnc2c(=O)n(CC(=O)Nc3ccc4c(c3)OCCO4)c3ccccc3n12. The maximum absolute atomic E-state index is 13.2. The molecule has 0 bridgehead atoms. The van der Waals surface area contributed by atoms with Gasteiger partial charge in [-0.3, -0.25) is 18.6 Å². The van der Waals surface area contributed by atoms with E-state index in [2.05, 4.69) is 15.5 Å². The number of anilines is 1. The fourth-order valence-corrected chi connectivity index (χ4v) is 3.83. The van der Waals surface area contributed by atoms with Gasteiger partial charge in [0, 0.05) is 18.2 Å². The number of nitrogens with one attached hydrogen (secondary N) is 1. The van der Waals surface area contributed by atoms with E-state index in [1.54, 1.807) is 22.6 Å². The third-order valence-corrected chi connectivity index (χ3v) is 5.18. The predicted octanol–water partition coefficient (Wildman–Crippen LogP) is 2.41. The van der Waals surface area contributed by atoms with E-state index in [0.29, 0.717) is 42.3 Å². The Morgan fingerprint density at radius 2 is 1.84 bits per heavy atom. The average Bonchev–Trinajstić information content (AvgIpc) is 3.21. The Hall–Kier alpha value is -3.88. The largest absolute Gasteiger partial charge is 0.486 e. The average molecular weight is 419 g/mol. The molecule has 1 amide bonds. The second-order valence-corrected chi connectivity index (χ2v) is 7.31. The summed E-state index contributed by atoms with van der Waals surface area (Å²) in [4.78, 5) is 26.0. The Balaban J connectivity index is 1.50. The van der Waals surface area contributed by atoms with Gasteiger partial charge in [-0.1, -0.05) is 19.1 Å². The van der Waals surface area contributed by atoms with Crippen molar-refractivity contribution in [3.63, 3.8) is 0 Å². The topological polar surface area (TPSA) is 99.8 Å². The van der Waals surface area contributed by atoms with Gasteiger partial charge in [-0.05, 0) is 30.7 Å². The second-order valence-electron chi connectivity index (χ2n) is 7.31. The molecule has 1 N–H and O–H groups in total. The van der Waals surface area contributed by atoms with Crippen molar-refractivity contribution >= 4 is 28.3 Å². The van der Waals surface area contributed by atoms with Crippen LogP contribution in [0.1, 0.15) is 19.2 Å². The summed E-state index contributed by atoms with van der Waals surface area (Å²) in [5, 5.41) is 11.1. The molecule has 3 heterocycles. The number of hydrogen-bond donors (Lipinski definition) is 1. The summed E-state index contributed by atoms with van der Waals surface area (Å²) in [6.45, 7) is 2.86. The number of carbonyl (C=O) groups excluding carboxylic acids is 1. The minimum atomic E-state index is -0.356. The molecule has 0 saturated heterocycles. The van der Waals surface area contributed by atoms with Gasteiger partial charge >= 0.3 is 0 Å². The highest BCUT2D eigenvalue weighted by atomic mass is 16.6. The van der Waals surface area contributed by atoms with Crippen molar-refractivity contribution in [1.82, 2.24) is 19.2 Å². The first-order valence-electron chi connectivity index (χ1n) is 10.2. The highest BCUT2D eigenvalue weighted by molar-refractivity contribution is 5.92. The fourth-order valence-electron chi connectivity index (χ4n) is 3.83. The number of rotatable bonds is 5. The molecule has 1 aliphatic rings. The van der Waals surface area contributed by atoms with Crippen molar-refractivity contribution in [2.75, 3.05) is 18.5 Å². The fraction of sp³-hybridized carbons (Fsp3) is 0.273. The quantitative estimate of drug-likeness (QED) is 0.533. The van der Waals surface area contributed by atoms with Gasteiger partial charge < -0.3 is 14.8 Å². The van der Waals surface area contributed by atoms with Crippen LogP contribution in [-0.2, 0) is 17.8 Å². The molecule has 4 aromatic rings. The van der Waals surface area contributed by atoms with Crippen molar-refractivity contribution in [2.45, 2.75) is 26.3 Å². The van der Waals surface area contributed by atoms with Gasteiger partial charge in [-0.25, -0.2) is 0 Å². The highest BCUT2D eigenvalue weighted by Gasteiger charge is 2.18. The summed E-state index contributed by atoms with van der Waals surface area (Å²) in [5.41, 5.74) is 1.87. The van der Waals surface area contributed by atoms with Crippen LogP contribution < -0.4 is 20.3 Å². The van der Waals surface area contributed by atoms with Gasteiger partial charge in [0.15, 0.2) is 11.5 Å². The summed E-state index contributed by atoms with van der Waals surface area (Å²) < 4.78 is 14.3. The molecule has 158 valence electrons. The van der Waals surface area contributed by atoms with Crippen LogP contribution in [0.4, 0.5) is 5.69 Å². The molecule has 5 rings (SSSR count). The lowest BCUT2D eigenvalue weighted by Crippen LogP contribution is -2.29. The lowest BCUT2D eigenvalue weighted by molar-refractivity contribution is -0.116. The first kappa shape index (κ1) is 19.1. The Bertz CT molecular complexity index is 1360. The van der Waals surface area contributed by atoms with E-state index >= 15 is 0 Å². The molecule has 0 atom stereocenters. The molecule has 2 aromatic heterocycles. The molecular formula is C22H21N5O4. The summed E-state index contributed by atoms with van der Waals surface area (Å²) in [6.07, 6.45) is 1.59. The highest BCUT2D eigenvalue weighted by Crippen LogP contribution is 2.32. The van der Waals surface area contributed by atoms with E-state index in [1.807, 2.05) is 31.2 Å². The summed E-state index contributed by atoms with van der Waals surface area (Å²) in [6, 6.07) is 12.7. The summed E-state index contributed by atoms with van der Waals surface area (Å²) in [7, 11) is 0. The van der Waals surface area contributed by atoms with Gasteiger partial charge in [0.05, 0.1) is 11.0 Å². The van der Waals surface area contributed by atoms with Crippen LogP contribution >= 0.6 is 0 Å². The van der Waals surface area contributed by atoms with Crippen LogP contribution in [0, 0.1) is 0 Å². The zero-order valence-corrected chi connectivity index (χ0v) is 17.0. The zero-order valence-electron chi connectivity index (χ0n) is 17.0. The van der Waals surface area contributed by atoms with Crippen LogP contribution in [0.3, 0.4) is 0 Å². The van der Waals surface area contributed by atoms with E-state index in [0.717, 1.165) is 17.8 Å². The number of para-hydroxylation sites is 2. The van der Waals surface area contributed by atoms with Crippen LogP contribution in [0.25, 0.3) is 16.7 Å². The van der Waals surface area contributed by atoms with Crippen LogP contribution in [0.2, 0.25) is 0 Å². The molecule has 0 radical (unpaired) electrons. The second kappa shape index (κ2) is 7.75. The molecule has 1 aliphatic heterocycles. The lowest BCUT2D eigenvalue weighted by Gasteiger charge is -2.19. The van der Waals surface area contributed by atoms with E-state index in [-0.39, 0.29) is 23.7 Å². The minimum absolute atomic E-state index is 0.153. The van der Waals surface area contributed by atoms with Gasteiger partial charge in [0.1, 0.15) is 25.6 Å². The number of hydrogen-bond acceptors (Lipinski definition) is 6. The number of fused-ring (bicyclic) bond motifs is 4. The monoisotopic (exact) mass is 419 g/mol. The smallest absolute Gasteiger partial charge is 0.297 e.